The number of hydrogen-bond donors (Lipinski definition) is 1. The number of hydrogen-bond acceptors (Lipinski definition) is 6. The van der Waals surface area contributed by atoms with E-state index in [4.69, 9.17) is 14.2 Å². The van der Waals surface area contributed by atoms with Gasteiger partial charge in [0.15, 0.2) is 11.5 Å². The number of thioether (sulfide) groups is 1. The van der Waals surface area contributed by atoms with E-state index in [1.54, 1.807) is 31.2 Å². The molecule has 7 nitrogen and oxygen atoms in total. The standard InChI is InChI=1S/C26H22N2O5S/c1-28-20-13-18(25(29)27-14-17-5-9-21-22(11-17)33-15-32-21)6-10-23(20)34-24(26(28)30)12-16-3-7-19(31-2)8-4-16/h3-13H,14-15H2,1-2H3,(H,27,29)/b24-12+. The van der Waals surface area contributed by atoms with E-state index in [2.05, 4.69) is 5.32 Å². The molecule has 5 rings (SSSR count). The molecule has 0 saturated carbocycles. The fourth-order valence-corrected chi connectivity index (χ4v) is 4.81. The fourth-order valence-electron chi connectivity index (χ4n) is 3.72. The predicted molar refractivity (Wildman–Crippen MR) is 130 cm³/mol. The van der Waals surface area contributed by atoms with E-state index in [0.29, 0.717) is 34.2 Å². The normalized spacial score (nSPS) is 15.3. The van der Waals surface area contributed by atoms with Crippen molar-refractivity contribution >= 4 is 35.3 Å². The second kappa shape index (κ2) is 9.15. The Morgan fingerprint density at radius 2 is 1.88 bits per heavy atom. The Kier molecular flexibility index (Phi) is 5.90. The molecule has 0 saturated heterocycles. The van der Waals surface area contributed by atoms with Crippen LogP contribution < -0.4 is 24.4 Å². The van der Waals surface area contributed by atoms with Gasteiger partial charge in [0.25, 0.3) is 11.8 Å². The zero-order valence-electron chi connectivity index (χ0n) is 18.7. The first-order valence-corrected chi connectivity index (χ1v) is 11.5. The summed E-state index contributed by atoms with van der Waals surface area (Å²) in [5.74, 6) is 1.81. The first-order chi connectivity index (χ1) is 16.5. The third kappa shape index (κ3) is 4.32. The summed E-state index contributed by atoms with van der Waals surface area (Å²) in [6.07, 6.45) is 1.86. The van der Waals surface area contributed by atoms with Crippen LogP contribution in [-0.4, -0.2) is 32.8 Å². The minimum atomic E-state index is -0.217. The molecule has 0 aliphatic carbocycles. The third-order valence-electron chi connectivity index (χ3n) is 5.62. The molecule has 2 heterocycles. The van der Waals surface area contributed by atoms with E-state index in [1.165, 1.54) is 11.8 Å². The highest BCUT2D eigenvalue weighted by molar-refractivity contribution is 8.04. The van der Waals surface area contributed by atoms with E-state index in [-0.39, 0.29) is 18.6 Å². The summed E-state index contributed by atoms with van der Waals surface area (Å²) in [4.78, 5) is 28.9. The number of anilines is 1. The highest BCUT2D eigenvalue weighted by Gasteiger charge is 2.27. The van der Waals surface area contributed by atoms with Gasteiger partial charge in [-0.1, -0.05) is 30.0 Å². The molecule has 0 fully saturated rings. The van der Waals surface area contributed by atoms with Crippen LogP contribution in [0.4, 0.5) is 5.69 Å². The monoisotopic (exact) mass is 474 g/mol. The molecule has 2 aliphatic rings. The molecule has 0 bridgehead atoms. The van der Waals surface area contributed by atoms with Gasteiger partial charge in [0, 0.05) is 24.1 Å². The van der Waals surface area contributed by atoms with Crippen LogP contribution in [0.5, 0.6) is 17.2 Å². The van der Waals surface area contributed by atoms with Crippen molar-refractivity contribution in [2.75, 3.05) is 25.9 Å². The Labute approximate surface area is 201 Å². The lowest BCUT2D eigenvalue weighted by molar-refractivity contribution is -0.114. The van der Waals surface area contributed by atoms with Gasteiger partial charge in [-0.2, -0.15) is 0 Å². The number of fused-ring (bicyclic) bond motifs is 2. The zero-order valence-corrected chi connectivity index (χ0v) is 19.5. The van der Waals surface area contributed by atoms with Crippen molar-refractivity contribution in [3.8, 4) is 17.2 Å². The number of carbonyl (C=O) groups is 2. The first kappa shape index (κ1) is 21.9. The molecule has 1 N–H and O–H groups in total. The molecule has 3 aromatic rings. The SMILES string of the molecule is COc1ccc(/C=C2/Sc3ccc(C(=O)NCc4ccc5c(c4)OCO5)cc3N(C)C2=O)cc1. The van der Waals surface area contributed by atoms with E-state index >= 15 is 0 Å². The summed E-state index contributed by atoms with van der Waals surface area (Å²) in [6.45, 7) is 0.562. The number of carbonyl (C=O) groups excluding carboxylic acids is 2. The maximum atomic E-state index is 13.0. The number of amides is 2. The van der Waals surface area contributed by atoms with Crippen molar-refractivity contribution in [1.29, 1.82) is 0 Å². The number of nitrogens with one attached hydrogen (secondary N) is 1. The van der Waals surface area contributed by atoms with Crippen molar-refractivity contribution < 1.29 is 23.8 Å². The van der Waals surface area contributed by atoms with Crippen LogP contribution >= 0.6 is 11.8 Å². The van der Waals surface area contributed by atoms with Crippen LogP contribution in [0.1, 0.15) is 21.5 Å². The van der Waals surface area contributed by atoms with Crippen LogP contribution in [0.25, 0.3) is 6.08 Å². The van der Waals surface area contributed by atoms with Crippen molar-refractivity contribution in [2.24, 2.45) is 0 Å². The Morgan fingerprint density at radius 3 is 2.68 bits per heavy atom. The Balaban J connectivity index is 1.31. The van der Waals surface area contributed by atoms with Gasteiger partial charge in [0.1, 0.15) is 5.75 Å². The summed E-state index contributed by atoms with van der Waals surface area (Å²) in [5.41, 5.74) is 3.01. The quantitative estimate of drug-likeness (QED) is 0.550. The molecular weight excluding hydrogens is 452 g/mol. The second-order valence-corrected chi connectivity index (χ2v) is 8.88. The third-order valence-corrected chi connectivity index (χ3v) is 6.70. The summed E-state index contributed by atoms with van der Waals surface area (Å²) in [5, 5.41) is 2.92. The molecule has 2 aliphatic heterocycles. The summed E-state index contributed by atoms with van der Waals surface area (Å²) < 4.78 is 15.9. The summed E-state index contributed by atoms with van der Waals surface area (Å²) in [6, 6.07) is 18.5. The lowest BCUT2D eigenvalue weighted by Crippen LogP contribution is -2.31. The number of likely N-dealkylation sites (N-methyl/N-ethyl adjacent to an activating group) is 1. The lowest BCUT2D eigenvalue weighted by Gasteiger charge is -2.27. The smallest absolute Gasteiger partial charge is 0.264 e. The first-order valence-electron chi connectivity index (χ1n) is 10.6. The largest absolute Gasteiger partial charge is 0.497 e. The minimum absolute atomic E-state index is 0.119. The second-order valence-electron chi connectivity index (χ2n) is 7.80. The number of methoxy groups -OCH3 is 1. The molecule has 3 aromatic carbocycles. The number of ether oxygens (including phenoxy) is 3. The van der Waals surface area contributed by atoms with Crippen LogP contribution in [-0.2, 0) is 11.3 Å². The average Bonchev–Trinajstić information content (AvgIpc) is 3.34. The molecule has 2 amide bonds. The predicted octanol–water partition coefficient (Wildman–Crippen LogP) is 4.46. The van der Waals surface area contributed by atoms with Gasteiger partial charge in [0.2, 0.25) is 6.79 Å². The highest BCUT2D eigenvalue weighted by atomic mass is 32.2. The topological polar surface area (TPSA) is 77.1 Å². The molecule has 34 heavy (non-hydrogen) atoms. The van der Waals surface area contributed by atoms with Gasteiger partial charge >= 0.3 is 0 Å². The molecule has 0 aromatic heterocycles. The fraction of sp³-hybridized carbons (Fsp3) is 0.154. The van der Waals surface area contributed by atoms with Crippen molar-refractivity contribution in [1.82, 2.24) is 5.32 Å². The number of rotatable bonds is 5. The maximum Gasteiger partial charge on any atom is 0.264 e. The summed E-state index contributed by atoms with van der Waals surface area (Å²) in [7, 11) is 3.34. The van der Waals surface area contributed by atoms with Gasteiger partial charge in [-0.05, 0) is 59.7 Å². The summed E-state index contributed by atoms with van der Waals surface area (Å²) >= 11 is 1.40. The lowest BCUT2D eigenvalue weighted by atomic mass is 10.1. The molecular formula is C26H22N2O5S. The van der Waals surface area contributed by atoms with Crippen LogP contribution in [0.15, 0.2) is 70.5 Å². The van der Waals surface area contributed by atoms with Gasteiger partial charge in [-0.25, -0.2) is 0 Å². The van der Waals surface area contributed by atoms with E-state index in [1.807, 2.05) is 54.6 Å². The van der Waals surface area contributed by atoms with Crippen molar-refractivity contribution in [3.05, 3.63) is 82.3 Å². The van der Waals surface area contributed by atoms with Gasteiger partial charge < -0.3 is 24.4 Å². The highest BCUT2D eigenvalue weighted by Crippen LogP contribution is 2.42. The van der Waals surface area contributed by atoms with E-state index in [0.717, 1.165) is 21.8 Å². The van der Waals surface area contributed by atoms with E-state index in [9.17, 15) is 9.59 Å². The Morgan fingerprint density at radius 1 is 1.09 bits per heavy atom. The molecule has 0 spiro atoms. The molecule has 8 heteroatoms. The Hall–Kier alpha value is -3.91. The average molecular weight is 475 g/mol. The Bertz CT molecular complexity index is 1300. The van der Waals surface area contributed by atoms with E-state index < -0.39 is 0 Å². The van der Waals surface area contributed by atoms with Crippen LogP contribution in [0, 0.1) is 0 Å². The molecule has 0 unspecified atom stereocenters. The maximum absolute atomic E-state index is 13.0. The zero-order chi connectivity index (χ0) is 23.7. The number of benzene rings is 3. The molecule has 172 valence electrons. The molecule has 0 atom stereocenters. The van der Waals surface area contributed by atoms with Crippen molar-refractivity contribution in [3.63, 3.8) is 0 Å². The minimum Gasteiger partial charge on any atom is -0.497 e. The van der Waals surface area contributed by atoms with Crippen LogP contribution in [0.2, 0.25) is 0 Å². The number of nitrogens with zero attached hydrogens (tertiary/aromatic N) is 1. The van der Waals surface area contributed by atoms with Crippen molar-refractivity contribution in [2.45, 2.75) is 11.4 Å². The van der Waals surface area contributed by atoms with Gasteiger partial charge in [0.05, 0.1) is 17.7 Å². The molecule has 0 radical (unpaired) electrons. The van der Waals surface area contributed by atoms with Crippen LogP contribution in [0.3, 0.4) is 0 Å². The van der Waals surface area contributed by atoms with Gasteiger partial charge in [-0.3, -0.25) is 9.59 Å². The van der Waals surface area contributed by atoms with Gasteiger partial charge in [-0.15, -0.1) is 0 Å².